The minimum atomic E-state index is -4.56. The van der Waals surface area contributed by atoms with Gasteiger partial charge in [0.1, 0.15) is 0 Å². The first kappa shape index (κ1) is 10.7. The highest BCUT2D eigenvalue weighted by molar-refractivity contribution is 7.50. The number of hydrogen-bond acceptors (Lipinski definition) is 1. The molecule has 0 amide bonds. The molecule has 3 nitrogen and oxygen atoms in total. The maximum absolute atomic E-state index is 12.2. The average Bonchev–Trinajstić information content (AvgIpc) is 2.04. The maximum atomic E-state index is 12.2. The molecule has 1 aromatic carbocycles. The highest BCUT2D eigenvalue weighted by atomic mass is 31.2. The molecule has 84 valence electrons. The Hall–Kier alpha value is -0.840. The van der Waals surface area contributed by atoms with Crippen LogP contribution in [0.25, 0.3) is 0 Å². The van der Waals surface area contributed by atoms with Gasteiger partial charge in [-0.2, -0.15) is 13.2 Å². The number of alkyl halides is 3. The van der Waals surface area contributed by atoms with E-state index in [1.807, 2.05) is 0 Å². The van der Waals surface area contributed by atoms with Crippen LogP contribution in [0.5, 0.6) is 0 Å². The zero-order valence-corrected chi connectivity index (χ0v) is 8.22. The van der Waals surface area contributed by atoms with Crippen molar-refractivity contribution in [1.29, 1.82) is 0 Å². The summed E-state index contributed by atoms with van der Waals surface area (Å²) in [4.78, 5) is 17.3. The Kier molecular flexibility index (Phi) is 2.82. The molecular weight excluding hydrogens is 232 g/mol. The molecular formula is C8H8F3O3P. The summed E-state index contributed by atoms with van der Waals surface area (Å²) in [6, 6.07) is 1.62. The highest BCUT2D eigenvalue weighted by Gasteiger charge is 2.30. The number of halogens is 3. The van der Waals surface area contributed by atoms with Crippen molar-refractivity contribution >= 4 is 7.60 Å². The largest absolute Gasteiger partial charge is 0.416 e. The van der Waals surface area contributed by atoms with Crippen LogP contribution in [0.15, 0.2) is 24.2 Å². The van der Waals surface area contributed by atoms with E-state index < -0.39 is 31.5 Å². The number of benzene rings is 1. The maximum Gasteiger partial charge on any atom is 0.416 e. The smallest absolute Gasteiger partial charge is 0.324 e. The van der Waals surface area contributed by atoms with Crippen molar-refractivity contribution in [2.45, 2.75) is 12.3 Å². The van der Waals surface area contributed by atoms with E-state index in [0.29, 0.717) is 12.1 Å². The molecule has 0 atom stereocenters. The molecule has 0 saturated heterocycles. The summed E-state index contributed by atoms with van der Waals surface area (Å²) in [5.74, 6) is 0. The van der Waals surface area contributed by atoms with E-state index in [1.165, 1.54) is 0 Å². The standard InChI is InChI=1S/C8H8F3O3P/c9-8(10,11)7-3-1-6(2-4-7)5-15(12,13)14/h1-4H,5H2,(H2,12,13,14)/i1D. The van der Waals surface area contributed by atoms with E-state index in [9.17, 15) is 17.7 Å². The van der Waals surface area contributed by atoms with E-state index in [1.54, 1.807) is 0 Å². The molecule has 0 aliphatic carbocycles. The predicted molar refractivity (Wildman–Crippen MR) is 47.2 cm³/mol. The lowest BCUT2D eigenvalue weighted by atomic mass is 10.1. The molecule has 0 spiro atoms. The lowest BCUT2D eigenvalue weighted by molar-refractivity contribution is -0.137. The normalized spacial score (nSPS) is 13.8. The fourth-order valence-corrected chi connectivity index (χ4v) is 1.59. The Morgan fingerprint density at radius 1 is 1.33 bits per heavy atom. The van der Waals surface area contributed by atoms with Gasteiger partial charge in [-0.25, -0.2) is 0 Å². The third-order valence-corrected chi connectivity index (χ3v) is 2.33. The summed E-state index contributed by atoms with van der Waals surface area (Å²) < 4.78 is 54.5. The van der Waals surface area contributed by atoms with Gasteiger partial charge in [0.2, 0.25) is 0 Å². The summed E-state index contributed by atoms with van der Waals surface area (Å²) in [7, 11) is -4.37. The van der Waals surface area contributed by atoms with E-state index in [-0.39, 0.29) is 5.56 Å². The molecule has 7 heteroatoms. The molecule has 1 aromatic rings. The molecule has 0 fully saturated rings. The number of hydrogen-bond donors (Lipinski definition) is 2. The lowest BCUT2D eigenvalue weighted by Gasteiger charge is -2.08. The van der Waals surface area contributed by atoms with Gasteiger partial charge in [-0.3, -0.25) is 4.57 Å². The number of rotatable bonds is 2. The van der Waals surface area contributed by atoms with Crippen LogP contribution in [0.4, 0.5) is 13.2 Å². The van der Waals surface area contributed by atoms with Crippen LogP contribution in [0.1, 0.15) is 12.5 Å². The summed E-state index contributed by atoms with van der Waals surface area (Å²) in [6.07, 6.45) is -5.29. The summed E-state index contributed by atoms with van der Waals surface area (Å²) in [5, 5.41) is 0. The van der Waals surface area contributed by atoms with Gasteiger partial charge in [0, 0.05) is 0 Å². The fourth-order valence-electron chi connectivity index (χ4n) is 0.954. The van der Waals surface area contributed by atoms with Gasteiger partial charge in [-0.1, -0.05) is 12.1 Å². The Morgan fingerprint density at radius 2 is 1.93 bits per heavy atom. The molecule has 0 unspecified atom stereocenters. The Morgan fingerprint density at radius 3 is 2.33 bits per heavy atom. The van der Waals surface area contributed by atoms with E-state index in [2.05, 4.69) is 0 Å². The summed E-state index contributed by atoms with van der Waals surface area (Å²) in [6.45, 7) is 0. The minimum absolute atomic E-state index is 0.110. The van der Waals surface area contributed by atoms with Gasteiger partial charge >= 0.3 is 13.8 Å². The second kappa shape index (κ2) is 3.96. The van der Waals surface area contributed by atoms with Crippen molar-refractivity contribution in [3.63, 3.8) is 0 Å². The molecule has 0 bridgehead atoms. The van der Waals surface area contributed by atoms with Crippen molar-refractivity contribution in [3.8, 4) is 0 Å². The topological polar surface area (TPSA) is 57.5 Å². The van der Waals surface area contributed by atoms with Crippen LogP contribution in [0, 0.1) is 0 Å². The molecule has 1 rings (SSSR count). The predicted octanol–water partition coefficient (Wildman–Crippen LogP) is 2.38. The van der Waals surface area contributed by atoms with Gasteiger partial charge in [0.15, 0.2) is 0 Å². The zero-order chi connectivity index (χ0) is 12.6. The first-order valence-corrected chi connectivity index (χ1v) is 5.60. The van der Waals surface area contributed by atoms with Crippen molar-refractivity contribution < 1.29 is 28.9 Å². The fraction of sp³-hybridized carbons (Fsp3) is 0.250. The second-order valence-electron chi connectivity index (χ2n) is 2.92. The molecule has 0 radical (unpaired) electrons. The van der Waals surface area contributed by atoms with Crippen LogP contribution in [0.2, 0.25) is 0 Å². The van der Waals surface area contributed by atoms with E-state index >= 15 is 0 Å². The minimum Gasteiger partial charge on any atom is -0.324 e. The SMILES string of the molecule is [2H]c1cc(C(F)(F)F)ccc1CP(=O)(O)O. The molecule has 15 heavy (non-hydrogen) atoms. The van der Waals surface area contributed by atoms with Crippen LogP contribution < -0.4 is 0 Å². The van der Waals surface area contributed by atoms with Crippen LogP contribution in [0.3, 0.4) is 0 Å². The summed E-state index contributed by atoms with van der Waals surface area (Å²) in [5.41, 5.74) is -1.12. The van der Waals surface area contributed by atoms with Gasteiger partial charge in [-0.05, 0) is 17.7 Å². The van der Waals surface area contributed by atoms with E-state index in [0.717, 1.165) is 6.07 Å². The van der Waals surface area contributed by atoms with Crippen molar-refractivity contribution in [3.05, 3.63) is 35.4 Å². The Labute approximate surface area is 85.1 Å². The third kappa shape index (κ3) is 4.03. The molecule has 0 saturated carbocycles. The van der Waals surface area contributed by atoms with Crippen molar-refractivity contribution in [2.75, 3.05) is 0 Å². The third-order valence-electron chi connectivity index (χ3n) is 1.58. The average molecular weight is 241 g/mol. The van der Waals surface area contributed by atoms with E-state index in [4.69, 9.17) is 11.2 Å². The molecule has 2 N–H and O–H groups in total. The molecule has 0 aliphatic heterocycles. The van der Waals surface area contributed by atoms with Gasteiger partial charge < -0.3 is 9.79 Å². The first-order valence-electron chi connectivity index (χ1n) is 4.31. The quantitative estimate of drug-likeness (QED) is 0.781. The molecule has 0 heterocycles. The van der Waals surface area contributed by atoms with Gasteiger partial charge in [0.25, 0.3) is 0 Å². The molecule has 0 aliphatic rings. The van der Waals surface area contributed by atoms with Crippen molar-refractivity contribution in [2.24, 2.45) is 0 Å². The first-order chi connectivity index (χ1) is 7.09. The zero-order valence-electron chi connectivity index (χ0n) is 8.32. The monoisotopic (exact) mass is 241 g/mol. The molecule has 0 aromatic heterocycles. The van der Waals surface area contributed by atoms with Crippen molar-refractivity contribution in [1.82, 2.24) is 0 Å². The van der Waals surface area contributed by atoms with Crippen LogP contribution >= 0.6 is 7.60 Å². The highest BCUT2D eigenvalue weighted by Crippen LogP contribution is 2.39. The van der Waals surface area contributed by atoms with Gasteiger partial charge in [0.05, 0.1) is 13.1 Å². The summed E-state index contributed by atoms with van der Waals surface area (Å²) >= 11 is 0. The van der Waals surface area contributed by atoms with Gasteiger partial charge in [-0.15, -0.1) is 0 Å². The van der Waals surface area contributed by atoms with Crippen LogP contribution in [-0.2, 0) is 16.9 Å². The second-order valence-corrected chi connectivity index (χ2v) is 4.57. The van der Waals surface area contributed by atoms with Crippen LogP contribution in [-0.4, -0.2) is 9.79 Å². The Bertz CT molecular complexity index is 441. The lowest BCUT2D eigenvalue weighted by Crippen LogP contribution is -2.04. The Balaban J connectivity index is 3.06.